The molecule has 1 aliphatic rings. The van der Waals surface area contributed by atoms with Gasteiger partial charge in [-0.3, -0.25) is 0 Å². The van der Waals surface area contributed by atoms with E-state index in [4.69, 9.17) is 0 Å². The number of rotatable bonds is 7. The van der Waals surface area contributed by atoms with E-state index in [1.54, 1.807) is 6.07 Å². The molecule has 0 heterocycles. The molecule has 1 aliphatic carbocycles. The zero-order valence-corrected chi connectivity index (χ0v) is 12.7. The molecule has 1 aromatic carbocycles. The zero-order valence-electron chi connectivity index (χ0n) is 11.9. The molecular weight excluding hydrogens is 279 g/mol. The average Bonchev–Trinajstić information content (AvgIpc) is 3.22. The third kappa shape index (κ3) is 3.19. The second-order valence-corrected chi connectivity index (χ2v) is 6.83. The number of hydrogen-bond acceptors (Lipinski definition) is 3. The van der Waals surface area contributed by atoms with Gasteiger partial charge in [0.25, 0.3) is 0 Å². The lowest BCUT2D eigenvalue weighted by atomic mass is 10.2. The third-order valence-corrected chi connectivity index (χ3v) is 5.56. The van der Waals surface area contributed by atoms with Crippen molar-refractivity contribution in [2.75, 3.05) is 13.1 Å². The Morgan fingerprint density at radius 2 is 2.05 bits per heavy atom. The highest BCUT2D eigenvalue weighted by atomic mass is 32.2. The smallest absolute Gasteiger partial charge is 0.243 e. The normalized spacial score (nSPS) is 15.8. The lowest BCUT2D eigenvalue weighted by Gasteiger charge is -2.22. The van der Waals surface area contributed by atoms with Crippen molar-refractivity contribution < 1.29 is 12.8 Å². The summed E-state index contributed by atoms with van der Waals surface area (Å²) >= 11 is 0. The number of hydrogen-bond donors (Lipinski definition) is 1. The van der Waals surface area contributed by atoms with Gasteiger partial charge in [0, 0.05) is 19.1 Å². The van der Waals surface area contributed by atoms with Crippen LogP contribution in [0.15, 0.2) is 23.1 Å². The van der Waals surface area contributed by atoms with E-state index in [1.165, 1.54) is 10.4 Å². The molecule has 1 saturated carbocycles. The van der Waals surface area contributed by atoms with Crippen molar-refractivity contribution in [1.82, 2.24) is 9.62 Å². The van der Waals surface area contributed by atoms with Crippen LogP contribution in [0.2, 0.25) is 0 Å². The largest absolute Gasteiger partial charge is 0.313 e. The van der Waals surface area contributed by atoms with Gasteiger partial charge in [-0.05, 0) is 37.1 Å². The standard InChI is InChI=1S/C14H21FN2O2S/c1-3-16-10-11-5-6-12(15)9-14(11)20(18,19)17(4-2)13-7-8-13/h5-6,9,13,16H,3-4,7-8,10H2,1-2H3. The average molecular weight is 300 g/mol. The van der Waals surface area contributed by atoms with E-state index >= 15 is 0 Å². The predicted octanol–water partition coefficient (Wildman–Crippen LogP) is 2.11. The van der Waals surface area contributed by atoms with Gasteiger partial charge in [0.1, 0.15) is 5.82 Å². The lowest BCUT2D eigenvalue weighted by molar-refractivity contribution is 0.419. The van der Waals surface area contributed by atoms with Crippen molar-refractivity contribution >= 4 is 10.0 Å². The van der Waals surface area contributed by atoms with Crippen molar-refractivity contribution in [2.24, 2.45) is 0 Å². The molecule has 1 aromatic rings. The second kappa shape index (κ2) is 6.20. The second-order valence-electron chi connectivity index (χ2n) is 4.97. The van der Waals surface area contributed by atoms with Crippen molar-refractivity contribution in [2.45, 2.75) is 44.2 Å². The molecule has 0 atom stereocenters. The van der Waals surface area contributed by atoms with Crippen LogP contribution in [0.1, 0.15) is 32.3 Å². The van der Waals surface area contributed by atoms with Gasteiger partial charge in [0.2, 0.25) is 10.0 Å². The number of nitrogens with one attached hydrogen (secondary N) is 1. The van der Waals surface area contributed by atoms with Gasteiger partial charge in [-0.2, -0.15) is 4.31 Å². The van der Waals surface area contributed by atoms with Crippen molar-refractivity contribution in [3.05, 3.63) is 29.6 Å². The summed E-state index contributed by atoms with van der Waals surface area (Å²) in [5, 5.41) is 3.09. The first kappa shape index (κ1) is 15.4. The zero-order chi connectivity index (χ0) is 14.8. The van der Waals surface area contributed by atoms with E-state index in [1.807, 2.05) is 13.8 Å². The minimum atomic E-state index is -3.62. The summed E-state index contributed by atoms with van der Waals surface area (Å²) in [5.74, 6) is -0.518. The minimum Gasteiger partial charge on any atom is -0.313 e. The molecule has 1 fully saturated rings. The summed E-state index contributed by atoms with van der Waals surface area (Å²) in [6.45, 7) is 5.34. The molecule has 2 rings (SSSR count). The molecule has 0 aromatic heterocycles. The van der Waals surface area contributed by atoms with Crippen LogP contribution in [0.3, 0.4) is 0 Å². The Labute approximate surface area is 120 Å². The quantitative estimate of drug-likeness (QED) is 0.839. The SMILES string of the molecule is CCNCc1ccc(F)cc1S(=O)(=O)N(CC)C1CC1. The Hall–Kier alpha value is -0.980. The lowest BCUT2D eigenvalue weighted by Crippen LogP contribution is -2.34. The fourth-order valence-electron chi connectivity index (χ4n) is 2.29. The van der Waals surface area contributed by atoms with E-state index in [0.717, 1.165) is 25.5 Å². The number of nitrogens with zero attached hydrogens (tertiary/aromatic N) is 1. The summed E-state index contributed by atoms with van der Waals surface area (Å²) in [6.07, 6.45) is 1.79. The third-order valence-electron chi connectivity index (χ3n) is 3.45. The van der Waals surface area contributed by atoms with Crippen LogP contribution in [0.25, 0.3) is 0 Å². The van der Waals surface area contributed by atoms with E-state index in [-0.39, 0.29) is 10.9 Å². The summed E-state index contributed by atoms with van der Waals surface area (Å²) in [7, 11) is -3.62. The monoisotopic (exact) mass is 300 g/mol. The van der Waals surface area contributed by atoms with Gasteiger partial charge in [0.05, 0.1) is 4.90 Å². The van der Waals surface area contributed by atoms with Gasteiger partial charge in [-0.1, -0.05) is 19.9 Å². The van der Waals surface area contributed by atoms with Gasteiger partial charge >= 0.3 is 0 Å². The fraction of sp³-hybridized carbons (Fsp3) is 0.571. The van der Waals surface area contributed by atoms with Crippen LogP contribution in [-0.4, -0.2) is 31.9 Å². The van der Waals surface area contributed by atoms with Gasteiger partial charge in [-0.15, -0.1) is 0 Å². The predicted molar refractivity (Wildman–Crippen MR) is 76.4 cm³/mol. The van der Waals surface area contributed by atoms with Gasteiger partial charge < -0.3 is 5.32 Å². The molecule has 1 N–H and O–H groups in total. The fourth-order valence-corrected chi connectivity index (χ4v) is 4.22. The molecule has 20 heavy (non-hydrogen) atoms. The topological polar surface area (TPSA) is 49.4 Å². The Morgan fingerprint density at radius 1 is 1.35 bits per heavy atom. The highest BCUT2D eigenvalue weighted by Gasteiger charge is 2.37. The molecule has 0 unspecified atom stereocenters. The van der Waals surface area contributed by atoms with Crippen molar-refractivity contribution in [1.29, 1.82) is 0 Å². The maximum absolute atomic E-state index is 13.5. The first-order chi connectivity index (χ1) is 9.50. The first-order valence-corrected chi connectivity index (χ1v) is 8.45. The molecule has 4 nitrogen and oxygen atoms in total. The minimum absolute atomic E-state index is 0.0836. The number of sulfonamides is 1. The van der Waals surface area contributed by atoms with E-state index in [9.17, 15) is 12.8 Å². The molecule has 0 saturated heterocycles. The molecular formula is C14H21FN2O2S. The van der Waals surface area contributed by atoms with Crippen LogP contribution in [-0.2, 0) is 16.6 Å². The van der Waals surface area contributed by atoms with Crippen molar-refractivity contribution in [3.63, 3.8) is 0 Å². The highest BCUT2D eigenvalue weighted by Crippen LogP contribution is 2.33. The highest BCUT2D eigenvalue weighted by molar-refractivity contribution is 7.89. The van der Waals surface area contributed by atoms with E-state index < -0.39 is 15.8 Å². The summed E-state index contributed by atoms with van der Waals surface area (Å²) in [4.78, 5) is 0.0900. The maximum Gasteiger partial charge on any atom is 0.243 e. The van der Waals surface area contributed by atoms with Gasteiger partial charge in [-0.25, -0.2) is 12.8 Å². The van der Waals surface area contributed by atoms with Gasteiger partial charge in [0.15, 0.2) is 0 Å². The molecule has 0 amide bonds. The summed E-state index contributed by atoms with van der Waals surface area (Å²) < 4.78 is 40.4. The Balaban J connectivity index is 2.40. The molecule has 0 spiro atoms. The van der Waals surface area contributed by atoms with Crippen molar-refractivity contribution in [3.8, 4) is 0 Å². The molecule has 0 radical (unpaired) electrons. The van der Waals surface area contributed by atoms with Crippen LogP contribution in [0.4, 0.5) is 4.39 Å². The number of halogens is 1. The Kier molecular flexibility index (Phi) is 4.78. The van der Waals surface area contributed by atoms with E-state index in [0.29, 0.717) is 18.7 Å². The first-order valence-electron chi connectivity index (χ1n) is 7.01. The number of benzene rings is 1. The van der Waals surface area contributed by atoms with E-state index in [2.05, 4.69) is 5.32 Å². The molecule has 112 valence electrons. The summed E-state index contributed by atoms with van der Waals surface area (Å²) in [5.41, 5.74) is 0.618. The maximum atomic E-state index is 13.5. The van der Waals surface area contributed by atoms with Crippen LogP contribution in [0, 0.1) is 5.82 Å². The molecule has 0 aliphatic heterocycles. The Morgan fingerprint density at radius 3 is 2.60 bits per heavy atom. The Bertz CT molecular complexity index is 571. The molecule has 0 bridgehead atoms. The summed E-state index contributed by atoms with van der Waals surface area (Å²) in [6, 6.07) is 4.07. The molecule has 6 heteroatoms. The van der Waals surface area contributed by atoms with Crippen LogP contribution < -0.4 is 5.32 Å². The van der Waals surface area contributed by atoms with Crippen LogP contribution in [0.5, 0.6) is 0 Å². The van der Waals surface area contributed by atoms with Crippen LogP contribution >= 0.6 is 0 Å².